The molecule has 4 rings (SSSR count). The summed E-state index contributed by atoms with van der Waals surface area (Å²) in [5, 5.41) is 10.4. The summed E-state index contributed by atoms with van der Waals surface area (Å²) in [5.41, 5.74) is 6.24. The molecule has 1 aliphatic carbocycles. The van der Waals surface area contributed by atoms with E-state index in [-0.39, 0.29) is 23.4 Å². The van der Waals surface area contributed by atoms with Crippen LogP contribution in [0.25, 0.3) is 0 Å². The van der Waals surface area contributed by atoms with Crippen molar-refractivity contribution >= 4 is 5.69 Å². The van der Waals surface area contributed by atoms with Crippen molar-refractivity contribution in [3.8, 4) is 0 Å². The minimum absolute atomic E-state index is 0.0560. The predicted molar refractivity (Wildman–Crippen MR) is 104 cm³/mol. The van der Waals surface area contributed by atoms with Crippen LogP contribution in [0.15, 0.2) is 24.3 Å². The number of likely N-dealkylation sites (tertiary alicyclic amines) is 1. The highest BCUT2D eigenvalue weighted by Crippen LogP contribution is 2.51. The molecule has 0 radical (unpaired) electrons. The molecule has 2 heterocycles. The molecule has 3 N–H and O–H groups in total. The van der Waals surface area contributed by atoms with Crippen LogP contribution in [-0.4, -0.2) is 67.6 Å². The van der Waals surface area contributed by atoms with Gasteiger partial charge in [0.2, 0.25) is 0 Å². The lowest BCUT2D eigenvalue weighted by molar-refractivity contribution is -0.212. The fraction of sp³-hybridized carbons (Fsp3) is 0.714. The number of piperidine rings is 2. The standard InChI is InChI=1S/C21H32FN3O2/c22-17-3-1-2-4-18(17)25-10-5-16(6-11-25)24-12-7-21(8-13-24)19(26)15-20(21)27-14-9-23/h1-4,16,19-20,26H,5-15,23H2/t19-,20+/m0/s1. The van der Waals surface area contributed by atoms with Crippen LogP contribution in [0.1, 0.15) is 32.1 Å². The van der Waals surface area contributed by atoms with Crippen molar-refractivity contribution in [3.63, 3.8) is 0 Å². The van der Waals surface area contributed by atoms with E-state index in [0.717, 1.165) is 64.0 Å². The quantitative estimate of drug-likeness (QED) is 0.822. The molecule has 3 aliphatic rings. The first-order valence-corrected chi connectivity index (χ1v) is 10.4. The zero-order chi connectivity index (χ0) is 18.9. The molecular formula is C21H32FN3O2. The normalized spacial score (nSPS) is 29.1. The smallest absolute Gasteiger partial charge is 0.146 e. The van der Waals surface area contributed by atoms with Crippen molar-refractivity contribution in [1.29, 1.82) is 0 Å². The van der Waals surface area contributed by atoms with Crippen molar-refractivity contribution in [3.05, 3.63) is 30.1 Å². The van der Waals surface area contributed by atoms with Crippen LogP contribution in [0, 0.1) is 11.2 Å². The van der Waals surface area contributed by atoms with E-state index in [2.05, 4.69) is 9.80 Å². The van der Waals surface area contributed by atoms with E-state index in [0.29, 0.717) is 19.2 Å². The maximum absolute atomic E-state index is 14.0. The Balaban J connectivity index is 1.29. The van der Waals surface area contributed by atoms with Crippen molar-refractivity contribution < 1.29 is 14.2 Å². The van der Waals surface area contributed by atoms with Crippen LogP contribution in [0.2, 0.25) is 0 Å². The van der Waals surface area contributed by atoms with E-state index in [1.807, 2.05) is 12.1 Å². The summed E-state index contributed by atoms with van der Waals surface area (Å²) in [6.07, 6.45) is 4.81. The summed E-state index contributed by atoms with van der Waals surface area (Å²) in [7, 11) is 0. The number of para-hydroxylation sites is 1. The molecule has 6 heteroatoms. The molecule has 1 aromatic carbocycles. The van der Waals surface area contributed by atoms with E-state index in [1.54, 1.807) is 12.1 Å². The van der Waals surface area contributed by atoms with Gasteiger partial charge in [0.25, 0.3) is 0 Å². The Kier molecular flexibility index (Phi) is 5.69. The Morgan fingerprint density at radius 1 is 1.15 bits per heavy atom. The summed E-state index contributed by atoms with van der Waals surface area (Å²) in [6.45, 7) is 4.96. The van der Waals surface area contributed by atoms with Gasteiger partial charge in [0.15, 0.2) is 0 Å². The molecule has 2 atom stereocenters. The first-order valence-electron chi connectivity index (χ1n) is 10.4. The molecule has 3 fully saturated rings. The Hall–Kier alpha value is -1.21. The minimum Gasteiger partial charge on any atom is -0.392 e. The molecule has 5 nitrogen and oxygen atoms in total. The van der Waals surface area contributed by atoms with Gasteiger partial charge < -0.3 is 25.4 Å². The maximum Gasteiger partial charge on any atom is 0.146 e. The van der Waals surface area contributed by atoms with E-state index in [9.17, 15) is 9.50 Å². The fourth-order valence-corrected chi connectivity index (χ4v) is 5.31. The van der Waals surface area contributed by atoms with Gasteiger partial charge >= 0.3 is 0 Å². The summed E-state index contributed by atoms with van der Waals surface area (Å²) in [5.74, 6) is -0.127. The number of ether oxygens (including phenoxy) is 1. The number of anilines is 1. The molecule has 1 saturated carbocycles. The van der Waals surface area contributed by atoms with Gasteiger partial charge in [0, 0.05) is 37.5 Å². The highest BCUT2D eigenvalue weighted by Gasteiger charge is 2.56. The lowest BCUT2D eigenvalue weighted by Crippen LogP contribution is -2.63. The van der Waals surface area contributed by atoms with Crippen LogP contribution in [0.3, 0.4) is 0 Å². The maximum atomic E-state index is 14.0. The lowest BCUT2D eigenvalue weighted by atomic mass is 9.58. The van der Waals surface area contributed by atoms with Crippen LogP contribution >= 0.6 is 0 Å². The van der Waals surface area contributed by atoms with E-state index < -0.39 is 0 Å². The molecular weight excluding hydrogens is 345 g/mol. The molecule has 150 valence electrons. The number of hydrogen-bond donors (Lipinski definition) is 2. The number of nitrogens with two attached hydrogens (primary N) is 1. The van der Waals surface area contributed by atoms with Crippen molar-refractivity contribution in [2.75, 3.05) is 44.2 Å². The highest BCUT2D eigenvalue weighted by molar-refractivity contribution is 5.47. The van der Waals surface area contributed by atoms with Crippen molar-refractivity contribution in [2.24, 2.45) is 11.1 Å². The molecule has 0 bridgehead atoms. The Morgan fingerprint density at radius 3 is 2.48 bits per heavy atom. The van der Waals surface area contributed by atoms with Gasteiger partial charge in [-0.05, 0) is 50.9 Å². The largest absolute Gasteiger partial charge is 0.392 e. The van der Waals surface area contributed by atoms with Crippen LogP contribution in [-0.2, 0) is 4.74 Å². The number of hydrogen-bond acceptors (Lipinski definition) is 5. The lowest BCUT2D eigenvalue weighted by Gasteiger charge is -2.57. The van der Waals surface area contributed by atoms with Gasteiger partial charge in [0.1, 0.15) is 5.82 Å². The first-order chi connectivity index (χ1) is 13.1. The van der Waals surface area contributed by atoms with Crippen LogP contribution < -0.4 is 10.6 Å². The van der Waals surface area contributed by atoms with Gasteiger partial charge in [-0.1, -0.05) is 12.1 Å². The minimum atomic E-state index is -0.231. The van der Waals surface area contributed by atoms with Crippen molar-refractivity contribution in [1.82, 2.24) is 4.90 Å². The third-order valence-electron chi connectivity index (χ3n) is 7.08. The topological polar surface area (TPSA) is 62.0 Å². The zero-order valence-electron chi connectivity index (χ0n) is 16.0. The number of aliphatic hydroxyl groups excluding tert-OH is 1. The highest BCUT2D eigenvalue weighted by atomic mass is 19.1. The second-order valence-corrected chi connectivity index (χ2v) is 8.34. The number of halogens is 1. The summed E-state index contributed by atoms with van der Waals surface area (Å²) in [4.78, 5) is 4.75. The van der Waals surface area contributed by atoms with E-state index in [1.165, 1.54) is 0 Å². The number of nitrogens with zero attached hydrogens (tertiary/aromatic N) is 2. The molecule has 1 spiro atoms. The number of aliphatic hydroxyl groups is 1. The second kappa shape index (κ2) is 8.03. The molecule has 0 unspecified atom stereocenters. The van der Waals surface area contributed by atoms with E-state index >= 15 is 0 Å². The fourth-order valence-electron chi connectivity index (χ4n) is 5.31. The van der Waals surface area contributed by atoms with Gasteiger partial charge in [0.05, 0.1) is 24.5 Å². The van der Waals surface area contributed by atoms with Gasteiger partial charge in [-0.15, -0.1) is 0 Å². The Labute approximate surface area is 161 Å². The molecule has 2 aliphatic heterocycles. The summed E-state index contributed by atoms with van der Waals surface area (Å²) < 4.78 is 19.9. The van der Waals surface area contributed by atoms with Gasteiger partial charge in [-0.3, -0.25) is 0 Å². The predicted octanol–water partition coefficient (Wildman–Crippen LogP) is 1.99. The average Bonchev–Trinajstić information content (AvgIpc) is 2.72. The van der Waals surface area contributed by atoms with E-state index in [4.69, 9.17) is 10.5 Å². The SMILES string of the molecule is NCCO[C@@H]1C[C@H](O)C12CCN(C1CCN(c3ccccc3F)CC1)CC2. The van der Waals surface area contributed by atoms with Crippen molar-refractivity contribution in [2.45, 2.75) is 50.4 Å². The van der Waals surface area contributed by atoms with Gasteiger partial charge in [-0.2, -0.15) is 0 Å². The van der Waals surface area contributed by atoms with Crippen LogP contribution in [0.4, 0.5) is 10.1 Å². The average molecular weight is 378 g/mol. The third kappa shape index (κ3) is 3.60. The summed E-state index contributed by atoms with van der Waals surface area (Å²) >= 11 is 0. The zero-order valence-corrected chi connectivity index (χ0v) is 16.0. The first kappa shape index (κ1) is 19.1. The number of benzene rings is 1. The molecule has 1 aromatic rings. The molecule has 0 aromatic heterocycles. The second-order valence-electron chi connectivity index (χ2n) is 8.34. The summed E-state index contributed by atoms with van der Waals surface area (Å²) in [6, 6.07) is 7.63. The van der Waals surface area contributed by atoms with Gasteiger partial charge in [-0.25, -0.2) is 4.39 Å². The molecule has 27 heavy (non-hydrogen) atoms. The Bertz CT molecular complexity index is 628. The van der Waals surface area contributed by atoms with Crippen LogP contribution in [0.5, 0.6) is 0 Å². The third-order valence-corrected chi connectivity index (χ3v) is 7.08. The molecule has 2 saturated heterocycles. The number of rotatable bonds is 5. The Morgan fingerprint density at radius 2 is 1.85 bits per heavy atom. The monoisotopic (exact) mass is 377 g/mol. The molecule has 0 amide bonds.